The van der Waals surface area contributed by atoms with Crippen LogP contribution in [0.3, 0.4) is 0 Å². The molecule has 2 aromatic carbocycles. The predicted octanol–water partition coefficient (Wildman–Crippen LogP) is 3.34. The Morgan fingerprint density at radius 2 is 1.87 bits per heavy atom. The normalized spacial score (nSPS) is 14.9. The Bertz CT molecular complexity index is 1500. The number of benzene rings is 2. The Morgan fingerprint density at radius 1 is 1.16 bits per heavy atom. The number of carbonyl (C=O) groups excluding carboxylic acids is 2. The third-order valence-corrected chi connectivity index (χ3v) is 7.77. The molecule has 1 unspecified atom stereocenters. The zero-order valence-corrected chi connectivity index (χ0v) is 21.8. The molecule has 3 heterocycles. The van der Waals surface area contributed by atoms with Crippen LogP contribution in [0.15, 0.2) is 78.0 Å². The molecule has 4 aromatic rings. The van der Waals surface area contributed by atoms with E-state index >= 15 is 0 Å². The number of carbonyl (C=O) groups is 2. The lowest BCUT2D eigenvalue weighted by Crippen LogP contribution is -2.28. The molecule has 0 bridgehead atoms. The minimum absolute atomic E-state index is 0.0542. The second kappa shape index (κ2) is 13.3. The molecule has 2 aromatic heterocycles. The highest BCUT2D eigenvalue weighted by Crippen LogP contribution is 2.23. The second-order valence-electron chi connectivity index (χ2n) is 8.53. The van der Waals surface area contributed by atoms with Crippen LogP contribution in [0.2, 0.25) is 0 Å². The molecular formula is C28H29N5O4S. The van der Waals surface area contributed by atoms with Gasteiger partial charge in [-0.3, -0.25) is 9.89 Å². The number of aromatic nitrogens is 3. The largest absolute Gasteiger partial charge is 0.348 e. The van der Waals surface area contributed by atoms with Gasteiger partial charge in [-0.2, -0.15) is 9.40 Å². The number of fused-ring (bicyclic) bond motifs is 1. The number of aromatic amines is 1. The van der Waals surface area contributed by atoms with Gasteiger partial charge in [0.25, 0.3) is 5.91 Å². The van der Waals surface area contributed by atoms with Crippen LogP contribution >= 0.6 is 0 Å². The maximum Gasteiger partial charge on any atom is 0.253 e. The number of pyridine rings is 1. The molecule has 5 rings (SSSR count). The molecule has 1 saturated heterocycles. The van der Waals surface area contributed by atoms with Crippen molar-refractivity contribution in [2.75, 3.05) is 13.1 Å². The monoisotopic (exact) mass is 531 g/mol. The molecule has 0 radical (unpaired) electrons. The van der Waals surface area contributed by atoms with Crippen molar-refractivity contribution in [3.05, 3.63) is 89.7 Å². The van der Waals surface area contributed by atoms with Crippen LogP contribution in [0.25, 0.3) is 11.0 Å². The minimum atomic E-state index is -3.34. The quantitative estimate of drug-likeness (QED) is 0.381. The van der Waals surface area contributed by atoms with Gasteiger partial charge in [-0.05, 0) is 37.1 Å². The first-order valence-electron chi connectivity index (χ1n) is 11.8. The second-order valence-corrected chi connectivity index (χ2v) is 10.5. The van der Waals surface area contributed by atoms with E-state index in [9.17, 15) is 13.2 Å². The van der Waals surface area contributed by atoms with E-state index in [1.54, 1.807) is 48.8 Å². The van der Waals surface area contributed by atoms with E-state index in [0.29, 0.717) is 35.7 Å². The van der Waals surface area contributed by atoms with E-state index < -0.39 is 10.0 Å². The predicted molar refractivity (Wildman–Crippen MR) is 145 cm³/mol. The topological polar surface area (TPSA) is 125 Å². The molecule has 1 aliphatic rings. The SMILES string of the molecule is C#CC1CCN(S(=O)(=O)c2ccccc2)C1.C=O.Cc1ccc(CNC(=O)c2cnc3[nH]ncc3c2)cc1. The van der Waals surface area contributed by atoms with E-state index in [-0.39, 0.29) is 11.8 Å². The van der Waals surface area contributed by atoms with Crippen LogP contribution in [0.1, 0.15) is 27.9 Å². The summed E-state index contributed by atoms with van der Waals surface area (Å²) in [6.45, 7) is 5.50. The summed E-state index contributed by atoms with van der Waals surface area (Å²) in [7, 11) is -3.34. The average Bonchev–Trinajstić information content (AvgIpc) is 3.64. The van der Waals surface area contributed by atoms with E-state index in [4.69, 9.17) is 11.2 Å². The van der Waals surface area contributed by atoms with Gasteiger partial charge >= 0.3 is 0 Å². The molecule has 1 aliphatic heterocycles. The van der Waals surface area contributed by atoms with E-state index in [1.807, 2.05) is 38.0 Å². The van der Waals surface area contributed by atoms with Crippen LogP contribution in [-0.2, 0) is 21.4 Å². The molecule has 0 aliphatic carbocycles. The van der Waals surface area contributed by atoms with Crippen LogP contribution in [-0.4, -0.2) is 53.7 Å². The first-order chi connectivity index (χ1) is 18.4. The molecule has 1 atom stereocenters. The number of terminal acetylenes is 1. The highest BCUT2D eigenvalue weighted by atomic mass is 32.2. The number of amides is 1. The first kappa shape index (κ1) is 28.2. The number of aryl methyl sites for hydroxylation is 1. The summed E-state index contributed by atoms with van der Waals surface area (Å²) in [6, 6.07) is 18.3. The Morgan fingerprint density at radius 3 is 2.53 bits per heavy atom. The summed E-state index contributed by atoms with van der Waals surface area (Å²) in [5.74, 6) is 2.53. The average molecular weight is 532 g/mol. The van der Waals surface area contributed by atoms with E-state index in [1.165, 1.54) is 9.87 Å². The fourth-order valence-corrected chi connectivity index (χ4v) is 5.30. The number of sulfonamides is 1. The fraction of sp³-hybridized carbons (Fsp3) is 0.214. The number of rotatable bonds is 5. The Kier molecular flexibility index (Phi) is 9.87. The highest BCUT2D eigenvalue weighted by molar-refractivity contribution is 7.89. The molecule has 38 heavy (non-hydrogen) atoms. The first-order valence-corrected chi connectivity index (χ1v) is 13.2. The van der Waals surface area contributed by atoms with Gasteiger partial charge in [-0.1, -0.05) is 48.0 Å². The van der Waals surface area contributed by atoms with Crippen molar-refractivity contribution in [1.82, 2.24) is 24.8 Å². The third kappa shape index (κ3) is 7.12. The number of hydrogen-bond donors (Lipinski definition) is 2. The molecule has 9 nitrogen and oxygen atoms in total. The van der Waals surface area contributed by atoms with Gasteiger partial charge in [0.05, 0.1) is 16.7 Å². The molecule has 10 heteroatoms. The van der Waals surface area contributed by atoms with E-state index in [0.717, 1.165) is 17.4 Å². The van der Waals surface area contributed by atoms with Gasteiger partial charge < -0.3 is 10.1 Å². The Hall–Kier alpha value is -4.33. The summed E-state index contributed by atoms with van der Waals surface area (Å²) in [5, 5.41) is 10.3. The van der Waals surface area contributed by atoms with Gasteiger partial charge in [0.15, 0.2) is 5.65 Å². The molecule has 1 amide bonds. The van der Waals surface area contributed by atoms with Crippen molar-refractivity contribution >= 4 is 33.8 Å². The lowest BCUT2D eigenvalue weighted by molar-refractivity contribution is -0.0980. The van der Waals surface area contributed by atoms with Crippen LogP contribution in [0, 0.1) is 25.2 Å². The maximum absolute atomic E-state index is 12.2. The molecule has 196 valence electrons. The minimum Gasteiger partial charge on any atom is -0.348 e. The van der Waals surface area contributed by atoms with Gasteiger partial charge in [0.2, 0.25) is 10.0 Å². The third-order valence-electron chi connectivity index (χ3n) is 5.89. The summed E-state index contributed by atoms with van der Waals surface area (Å²) in [6.07, 6.45) is 9.26. The van der Waals surface area contributed by atoms with Gasteiger partial charge in [-0.25, -0.2) is 13.4 Å². The maximum atomic E-state index is 12.2. The van der Waals surface area contributed by atoms with Crippen molar-refractivity contribution in [1.29, 1.82) is 0 Å². The lowest BCUT2D eigenvalue weighted by Gasteiger charge is -2.15. The summed E-state index contributed by atoms with van der Waals surface area (Å²) < 4.78 is 25.8. The number of H-pyrrole nitrogens is 1. The van der Waals surface area contributed by atoms with Crippen molar-refractivity contribution in [2.45, 2.75) is 24.8 Å². The number of nitrogens with one attached hydrogen (secondary N) is 2. The summed E-state index contributed by atoms with van der Waals surface area (Å²) in [5.41, 5.74) is 3.49. The lowest BCUT2D eigenvalue weighted by atomic mass is 10.1. The number of nitrogens with zero attached hydrogens (tertiary/aromatic N) is 3. The van der Waals surface area contributed by atoms with Crippen molar-refractivity contribution < 1.29 is 18.0 Å². The van der Waals surface area contributed by atoms with Crippen molar-refractivity contribution in [3.63, 3.8) is 0 Å². The molecule has 0 spiro atoms. The smallest absolute Gasteiger partial charge is 0.253 e. The molecule has 0 saturated carbocycles. The fourth-order valence-electron chi connectivity index (χ4n) is 3.78. The van der Waals surface area contributed by atoms with Gasteiger partial charge in [-0.15, -0.1) is 12.3 Å². The van der Waals surface area contributed by atoms with Crippen LogP contribution in [0.4, 0.5) is 0 Å². The molecule has 2 N–H and O–H groups in total. The molecule has 1 fully saturated rings. The highest BCUT2D eigenvalue weighted by Gasteiger charge is 2.31. The van der Waals surface area contributed by atoms with Crippen molar-refractivity contribution in [3.8, 4) is 12.3 Å². The summed E-state index contributed by atoms with van der Waals surface area (Å²) >= 11 is 0. The standard InChI is InChI=1S/C15H14N4O.C12H13NO2S.CH2O/c1-10-2-4-11(5-3-10)7-17-15(20)13-6-12-9-18-19-14(12)16-8-13;1-2-11-8-9-13(10-11)16(14,15)12-6-4-3-5-7-12;1-2/h2-6,8-9H,7H2,1H3,(H,17,20)(H,16,18,19);1,3-7,11H,8-10H2;1H2. The van der Waals surface area contributed by atoms with Crippen molar-refractivity contribution in [2.24, 2.45) is 5.92 Å². The summed E-state index contributed by atoms with van der Waals surface area (Å²) in [4.78, 5) is 24.6. The zero-order chi connectivity index (χ0) is 27.5. The molecular weight excluding hydrogens is 502 g/mol. The van der Waals surface area contributed by atoms with Gasteiger partial charge in [0.1, 0.15) is 6.79 Å². The van der Waals surface area contributed by atoms with Gasteiger partial charge in [0, 0.05) is 37.1 Å². The van der Waals surface area contributed by atoms with E-state index in [2.05, 4.69) is 26.4 Å². The van der Waals surface area contributed by atoms with Crippen LogP contribution in [0.5, 0.6) is 0 Å². The number of hydrogen-bond acceptors (Lipinski definition) is 6. The Labute approximate surface area is 222 Å². The zero-order valence-electron chi connectivity index (χ0n) is 21.0. The Balaban J connectivity index is 0.000000202. The van der Waals surface area contributed by atoms with Crippen LogP contribution < -0.4 is 5.32 Å².